The maximum absolute atomic E-state index is 12.2. The fourth-order valence-electron chi connectivity index (χ4n) is 2.28. The molecule has 2 amide bonds. The van der Waals surface area contributed by atoms with Gasteiger partial charge in [0.2, 0.25) is 0 Å². The van der Waals surface area contributed by atoms with Gasteiger partial charge in [-0.3, -0.25) is 4.98 Å². The third-order valence-corrected chi connectivity index (χ3v) is 3.36. The van der Waals surface area contributed by atoms with Crippen LogP contribution >= 0.6 is 0 Å². The molecule has 0 unspecified atom stereocenters. The lowest BCUT2D eigenvalue weighted by molar-refractivity contribution is 0.185. The van der Waals surface area contributed by atoms with Gasteiger partial charge < -0.3 is 10.2 Å². The highest BCUT2D eigenvalue weighted by Crippen LogP contribution is 2.22. The van der Waals surface area contributed by atoms with Gasteiger partial charge in [0.25, 0.3) is 0 Å². The van der Waals surface area contributed by atoms with E-state index in [-0.39, 0.29) is 18.1 Å². The average Bonchev–Trinajstić information content (AvgIpc) is 2.40. The van der Waals surface area contributed by atoms with Crippen molar-refractivity contribution in [3.63, 3.8) is 0 Å². The highest BCUT2D eigenvalue weighted by atomic mass is 16.2. The Balaban J connectivity index is 2.68. The summed E-state index contributed by atoms with van der Waals surface area (Å²) in [6.45, 7) is 6.26. The van der Waals surface area contributed by atoms with E-state index < -0.39 is 0 Å². The van der Waals surface area contributed by atoms with E-state index in [1.807, 2.05) is 26.1 Å². The lowest BCUT2D eigenvalue weighted by atomic mass is 10.1. The molecular formula is C15H25N3O. The van der Waals surface area contributed by atoms with E-state index in [4.69, 9.17) is 0 Å². The van der Waals surface area contributed by atoms with E-state index in [0.29, 0.717) is 0 Å². The summed E-state index contributed by atoms with van der Waals surface area (Å²) >= 11 is 0. The van der Waals surface area contributed by atoms with E-state index in [1.165, 1.54) is 0 Å². The summed E-state index contributed by atoms with van der Waals surface area (Å²) in [4.78, 5) is 18.0. The summed E-state index contributed by atoms with van der Waals surface area (Å²) in [5, 5.41) is 3.04. The van der Waals surface area contributed by atoms with Gasteiger partial charge in [0.15, 0.2) is 0 Å². The quantitative estimate of drug-likeness (QED) is 0.855. The van der Waals surface area contributed by atoms with E-state index >= 15 is 0 Å². The van der Waals surface area contributed by atoms with Crippen LogP contribution in [0, 0.1) is 0 Å². The van der Waals surface area contributed by atoms with E-state index in [2.05, 4.69) is 24.1 Å². The standard InChI is InChI=1S/C15H25N3O/c1-5-7-12(3)17-15(19)18(4)14(6-2)13-8-10-16-11-9-13/h8-12,14H,5-7H2,1-4H3,(H,17,19)/t12-,14+/m0/s1. The van der Waals surface area contributed by atoms with Gasteiger partial charge >= 0.3 is 6.03 Å². The number of rotatable bonds is 6. The number of nitrogens with one attached hydrogen (secondary N) is 1. The Labute approximate surface area is 116 Å². The Bertz CT molecular complexity index is 380. The zero-order valence-corrected chi connectivity index (χ0v) is 12.4. The molecule has 0 saturated heterocycles. The van der Waals surface area contributed by atoms with E-state index in [0.717, 1.165) is 24.8 Å². The molecule has 1 N–H and O–H groups in total. The Morgan fingerprint density at radius 1 is 1.37 bits per heavy atom. The van der Waals surface area contributed by atoms with Crippen molar-refractivity contribution in [2.45, 2.75) is 52.1 Å². The Morgan fingerprint density at radius 3 is 2.53 bits per heavy atom. The summed E-state index contributed by atoms with van der Waals surface area (Å²) in [6.07, 6.45) is 6.50. The van der Waals surface area contributed by atoms with Crippen molar-refractivity contribution in [3.05, 3.63) is 30.1 Å². The number of carbonyl (C=O) groups is 1. The minimum Gasteiger partial charge on any atom is -0.336 e. The number of nitrogens with zero attached hydrogens (tertiary/aromatic N) is 2. The fraction of sp³-hybridized carbons (Fsp3) is 0.600. The van der Waals surface area contributed by atoms with Crippen molar-refractivity contribution in [2.75, 3.05) is 7.05 Å². The molecule has 1 aromatic rings. The molecule has 0 spiro atoms. The van der Waals surface area contributed by atoms with Crippen molar-refractivity contribution in [3.8, 4) is 0 Å². The lowest BCUT2D eigenvalue weighted by Crippen LogP contribution is -2.43. The smallest absolute Gasteiger partial charge is 0.317 e. The average molecular weight is 263 g/mol. The van der Waals surface area contributed by atoms with Crippen LogP contribution in [0.5, 0.6) is 0 Å². The molecule has 4 heteroatoms. The minimum absolute atomic E-state index is 0.00962. The van der Waals surface area contributed by atoms with Crippen LogP contribution < -0.4 is 5.32 Å². The molecule has 0 fully saturated rings. The Kier molecular flexibility index (Phi) is 6.33. The van der Waals surface area contributed by atoms with E-state index in [9.17, 15) is 4.79 Å². The molecule has 1 heterocycles. The molecule has 0 aliphatic carbocycles. The molecule has 1 aromatic heterocycles. The summed E-state index contributed by atoms with van der Waals surface area (Å²) in [7, 11) is 1.85. The van der Waals surface area contributed by atoms with Crippen LogP contribution in [-0.4, -0.2) is 29.0 Å². The highest BCUT2D eigenvalue weighted by Gasteiger charge is 2.20. The molecule has 0 radical (unpaired) electrons. The molecular weight excluding hydrogens is 238 g/mol. The number of aromatic nitrogens is 1. The van der Waals surface area contributed by atoms with Gasteiger partial charge in [-0.25, -0.2) is 4.79 Å². The van der Waals surface area contributed by atoms with Crippen molar-refractivity contribution in [1.29, 1.82) is 0 Å². The molecule has 19 heavy (non-hydrogen) atoms. The van der Waals surface area contributed by atoms with Crippen LogP contribution in [0.4, 0.5) is 4.79 Å². The van der Waals surface area contributed by atoms with Gasteiger partial charge in [-0.15, -0.1) is 0 Å². The SMILES string of the molecule is CCC[C@H](C)NC(=O)N(C)[C@H](CC)c1ccncc1. The van der Waals surface area contributed by atoms with Gasteiger partial charge in [-0.2, -0.15) is 0 Å². The third kappa shape index (κ3) is 4.54. The van der Waals surface area contributed by atoms with Crippen molar-refractivity contribution in [2.24, 2.45) is 0 Å². The first-order chi connectivity index (χ1) is 9.10. The van der Waals surface area contributed by atoms with Crippen LogP contribution in [-0.2, 0) is 0 Å². The molecule has 0 aromatic carbocycles. The fourth-order valence-corrected chi connectivity index (χ4v) is 2.28. The predicted molar refractivity (Wildman–Crippen MR) is 77.9 cm³/mol. The van der Waals surface area contributed by atoms with Gasteiger partial charge in [-0.05, 0) is 37.5 Å². The van der Waals surface area contributed by atoms with Crippen molar-refractivity contribution in [1.82, 2.24) is 15.2 Å². The number of amides is 2. The summed E-state index contributed by atoms with van der Waals surface area (Å²) < 4.78 is 0. The number of hydrogen-bond acceptors (Lipinski definition) is 2. The number of pyridine rings is 1. The first-order valence-corrected chi connectivity index (χ1v) is 7.03. The topological polar surface area (TPSA) is 45.2 Å². The summed E-state index contributed by atoms with van der Waals surface area (Å²) in [6, 6.07) is 4.23. The zero-order chi connectivity index (χ0) is 14.3. The van der Waals surface area contributed by atoms with Gasteiger partial charge in [-0.1, -0.05) is 20.3 Å². The van der Waals surface area contributed by atoms with Crippen molar-refractivity contribution < 1.29 is 4.79 Å². The molecule has 0 bridgehead atoms. The monoisotopic (exact) mass is 263 g/mol. The largest absolute Gasteiger partial charge is 0.336 e. The van der Waals surface area contributed by atoms with Gasteiger partial charge in [0.05, 0.1) is 6.04 Å². The number of carbonyl (C=O) groups excluding carboxylic acids is 1. The zero-order valence-electron chi connectivity index (χ0n) is 12.4. The van der Waals surface area contributed by atoms with Crippen LogP contribution in [0.25, 0.3) is 0 Å². The second-order valence-electron chi connectivity index (χ2n) is 4.95. The maximum Gasteiger partial charge on any atom is 0.317 e. The number of hydrogen-bond donors (Lipinski definition) is 1. The van der Waals surface area contributed by atoms with Gasteiger partial charge in [0, 0.05) is 25.5 Å². The lowest BCUT2D eigenvalue weighted by Gasteiger charge is -2.29. The second-order valence-corrected chi connectivity index (χ2v) is 4.95. The molecule has 0 saturated carbocycles. The van der Waals surface area contributed by atoms with Gasteiger partial charge in [0.1, 0.15) is 0 Å². The first kappa shape index (κ1) is 15.5. The van der Waals surface area contributed by atoms with Crippen LogP contribution in [0.3, 0.4) is 0 Å². The van der Waals surface area contributed by atoms with Crippen LogP contribution in [0.2, 0.25) is 0 Å². The van der Waals surface area contributed by atoms with E-state index in [1.54, 1.807) is 17.3 Å². The molecule has 4 nitrogen and oxygen atoms in total. The normalized spacial score (nSPS) is 13.7. The van der Waals surface area contributed by atoms with Crippen LogP contribution in [0.1, 0.15) is 51.6 Å². The molecule has 2 atom stereocenters. The summed E-state index contributed by atoms with van der Waals surface area (Å²) in [5.41, 5.74) is 1.12. The summed E-state index contributed by atoms with van der Waals surface area (Å²) in [5.74, 6) is 0. The Morgan fingerprint density at radius 2 is 2.00 bits per heavy atom. The third-order valence-electron chi connectivity index (χ3n) is 3.36. The minimum atomic E-state index is -0.00962. The Hall–Kier alpha value is -1.58. The van der Waals surface area contributed by atoms with Crippen molar-refractivity contribution >= 4 is 6.03 Å². The highest BCUT2D eigenvalue weighted by molar-refractivity contribution is 5.74. The predicted octanol–water partition coefficient (Wildman–Crippen LogP) is 3.36. The number of urea groups is 1. The van der Waals surface area contributed by atoms with Crippen LogP contribution in [0.15, 0.2) is 24.5 Å². The molecule has 1 rings (SSSR count). The molecule has 106 valence electrons. The maximum atomic E-state index is 12.2. The first-order valence-electron chi connectivity index (χ1n) is 7.03. The molecule has 0 aliphatic heterocycles. The molecule has 0 aliphatic rings. The second kappa shape index (κ2) is 7.77.